The van der Waals surface area contributed by atoms with Gasteiger partial charge in [-0.05, 0) is 30.9 Å². The van der Waals surface area contributed by atoms with Crippen molar-refractivity contribution in [3.8, 4) is 0 Å². The second-order valence-corrected chi connectivity index (χ2v) is 3.92. The first kappa shape index (κ1) is 9.25. The molecule has 14 heavy (non-hydrogen) atoms. The molecule has 1 N–H and O–H groups in total. The van der Waals surface area contributed by atoms with E-state index in [0.717, 1.165) is 12.8 Å². The highest BCUT2D eigenvalue weighted by atomic mass is 16.2. The first-order chi connectivity index (χ1) is 6.77. The predicted molar refractivity (Wildman–Crippen MR) is 55.7 cm³/mol. The molecule has 1 aromatic rings. The molecule has 0 unspecified atom stereocenters. The summed E-state index contributed by atoms with van der Waals surface area (Å²) in [6, 6.07) is 8.15. The highest BCUT2D eigenvalue weighted by Crippen LogP contribution is 2.28. The van der Waals surface area contributed by atoms with E-state index in [1.807, 2.05) is 12.1 Å². The Morgan fingerprint density at radius 1 is 1.43 bits per heavy atom. The molecule has 1 amide bonds. The van der Waals surface area contributed by atoms with Gasteiger partial charge in [-0.2, -0.15) is 0 Å². The van der Waals surface area contributed by atoms with Gasteiger partial charge in [0, 0.05) is 12.5 Å². The van der Waals surface area contributed by atoms with Gasteiger partial charge in [-0.25, -0.2) is 0 Å². The Morgan fingerprint density at radius 3 is 2.79 bits per heavy atom. The normalized spacial score (nSPS) is 15.2. The van der Waals surface area contributed by atoms with Crippen molar-refractivity contribution in [3.05, 3.63) is 35.4 Å². The Morgan fingerprint density at radius 2 is 2.14 bits per heavy atom. The molecule has 2 nitrogen and oxygen atoms in total. The quantitative estimate of drug-likeness (QED) is 0.774. The molecule has 0 aliphatic heterocycles. The lowest BCUT2D eigenvalue weighted by Gasteiger charge is -2.06. The maximum atomic E-state index is 11.4. The molecular formula is C12H15NO. The SMILES string of the molecule is Cc1ccccc1CNC(=O)C1CC1. The summed E-state index contributed by atoms with van der Waals surface area (Å²) in [6.45, 7) is 2.74. The first-order valence-corrected chi connectivity index (χ1v) is 5.09. The van der Waals surface area contributed by atoms with Gasteiger partial charge in [-0.15, -0.1) is 0 Å². The van der Waals surface area contributed by atoms with E-state index >= 15 is 0 Å². The molecular weight excluding hydrogens is 174 g/mol. The zero-order valence-corrected chi connectivity index (χ0v) is 8.42. The van der Waals surface area contributed by atoms with Crippen molar-refractivity contribution in [2.45, 2.75) is 26.3 Å². The second-order valence-electron chi connectivity index (χ2n) is 3.92. The number of nitrogens with one attached hydrogen (secondary N) is 1. The zero-order valence-electron chi connectivity index (χ0n) is 8.42. The van der Waals surface area contributed by atoms with Crippen molar-refractivity contribution >= 4 is 5.91 Å². The molecule has 0 atom stereocenters. The number of hydrogen-bond donors (Lipinski definition) is 1. The molecule has 1 aromatic carbocycles. The number of aryl methyl sites for hydroxylation is 1. The number of hydrogen-bond acceptors (Lipinski definition) is 1. The van der Waals surface area contributed by atoms with Crippen LogP contribution in [0, 0.1) is 12.8 Å². The maximum Gasteiger partial charge on any atom is 0.223 e. The van der Waals surface area contributed by atoms with Crippen LogP contribution in [0.2, 0.25) is 0 Å². The third kappa shape index (κ3) is 2.13. The molecule has 1 aliphatic carbocycles. The third-order valence-electron chi connectivity index (χ3n) is 2.66. The molecule has 0 radical (unpaired) electrons. The van der Waals surface area contributed by atoms with Gasteiger partial charge in [0.15, 0.2) is 0 Å². The van der Waals surface area contributed by atoms with Crippen LogP contribution >= 0.6 is 0 Å². The highest BCUT2D eigenvalue weighted by molar-refractivity contribution is 5.80. The van der Waals surface area contributed by atoms with Gasteiger partial charge < -0.3 is 5.32 Å². The Bertz CT molecular complexity index is 342. The molecule has 1 fully saturated rings. The number of benzene rings is 1. The van der Waals surface area contributed by atoms with Crippen molar-refractivity contribution < 1.29 is 4.79 Å². The number of amides is 1. The minimum Gasteiger partial charge on any atom is -0.352 e. The topological polar surface area (TPSA) is 29.1 Å². The summed E-state index contributed by atoms with van der Waals surface area (Å²) in [7, 11) is 0. The van der Waals surface area contributed by atoms with Crippen LogP contribution in [0.15, 0.2) is 24.3 Å². The second kappa shape index (κ2) is 3.82. The third-order valence-corrected chi connectivity index (χ3v) is 2.66. The fourth-order valence-corrected chi connectivity index (χ4v) is 1.48. The smallest absolute Gasteiger partial charge is 0.223 e. The lowest BCUT2D eigenvalue weighted by Crippen LogP contribution is -2.24. The summed E-state index contributed by atoms with van der Waals surface area (Å²) in [6.07, 6.45) is 2.14. The van der Waals surface area contributed by atoms with Crippen LogP contribution in [0.3, 0.4) is 0 Å². The van der Waals surface area contributed by atoms with Gasteiger partial charge in [0.1, 0.15) is 0 Å². The van der Waals surface area contributed by atoms with Crippen molar-refractivity contribution in [1.29, 1.82) is 0 Å². The van der Waals surface area contributed by atoms with E-state index in [0.29, 0.717) is 12.5 Å². The standard InChI is InChI=1S/C12H15NO/c1-9-4-2-3-5-11(9)8-13-12(14)10-6-7-10/h2-5,10H,6-8H2,1H3,(H,13,14). The largest absolute Gasteiger partial charge is 0.352 e. The maximum absolute atomic E-state index is 11.4. The Kier molecular flexibility index (Phi) is 2.53. The molecule has 2 heteroatoms. The molecule has 0 aromatic heterocycles. The number of rotatable bonds is 3. The monoisotopic (exact) mass is 189 g/mol. The van der Waals surface area contributed by atoms with Gasteiger partial charge in [0.2, 0.25) is 5.91 Å². The van der Waals surface area contributed by atoms with Crippen LogP contribution in [0.25, 0.3) is 0 Å². The fourth-order valence-electron chi connectivity index (χ4n) is 1.48. The number of carbonyl (C=O) groups is 1. The summed E-state index contributed by atoms with van der Waals surface area (Å²) in [5.41, 5.74) is 2.45. The van der Waals surface area contributed by atoms with E-state index in [9.17, 15) is 4.79 Å². The van der Waals surface area contributed by atoms with E-state index in [4.69, 9.17) is 0 Å². The average molecular weight is 189 g/mol. The van der Waals surface area contributed by atoms with Crippen LogP contribution in [0.1, 0.15) is 24.0 Å². The molecule has 0 bridgehead atoms. The van der Waals surface area contributed by atoms with Gasteiger partial charge in [0.25, 0.3) is 0 Å². The summed E-state index contributed by atoms with van der Waals surface area (Å²) in [4.78, 5) is 11.4. The van der Waals surface area contributed by atoms with Gasteiger partial charge in [-0.1, -0.05) is 24.3 Å². The summed E-state index contributed by atoms with van der Waals surface area (Å²) < 4.78 is 0. The lowest BCUT2D eigenvalue weighted by molar-refractivity contribution is -0.122. The lowest BCUT2D eigenvalue weighted by atomic mass is 10.1. The molecule has 74 valence electrons. The first-order valence-electron chi connectivity index (χ1n) is 5.09. The van der Waals surface area contributed by atoms with Crippen LogP contribution in [0.5, 0.6) is 0 Å². The summed E-state index contributed by atoms with van der Waals surface area (Å²) in [5, 5.41) is 2.96. The van der Waals surface area contributed by atoms with Crippen LogP contribution in [0.4, 0.5) is 0 Å². The highest BCUT2D eigenvalue weighted by Gasteiger charge is 2.29. The average Bonchev–Trinajstić information content (AvgIpc) is 2.99. The van der Waals surface area contributed by atoms with Crippen molar-refractivity contribution in [2.24, 2.45) is 5.92 Å². The molecule has 1 aliphatic rings. The van der Waals surface area contributed by atoms with Crippen LogP contribution in [-0.2, 0) is 11.3 Å². The van der Waals surface area contributed by atoms with Crippen molar-refractivity contribution in [1.82, 2.24) is 5.32 Å². The van der Waals surface area contributed by atoms with Crippen molar-refractivity contribution in [2.75, 3.05) is 0 Å². The van der Waals surface area contributed by atoms with E-state index in [-0.39, 0.29) is 5.91 Å². The summed E-state index contributed by atoms with van der Waals surface area (Å²) >= 11 is 0. The molecule has 0 heterocycles. The van der Waals surface area contributed by atoms with Crippen LogP contribution < -0.4 is 5.32 Å². The zero-order chi connectivity index (χ0) is 9.97. The van der Waals surface area contributed by atoms with E-state index in [1.54, 1.807) is 0 Å². The van der Waals surface area contributed by atoms with Crippen LogP contribution in [-0.4, -0.2) is 5.91 Å². The van der Waals surface area contributed by atoms with Crippen molar-refractivity contribution in [3.63, 3.8) is 0 Å². The van der Waals surface area contributed by atoms with Gasteiger partial charge in [0.05, 0.1) is 0 Å². The van der Waals surface area contributed by atoms with Gasteiger partial charge >= 0.3 is 0 Å². The molecule has 0 saturated heterocycles. The minimum absolute atomic E-state index is 0.216. The van der Waals surface area contributed by atoms with E-state index in [1.165, 1.54) is 11.1 Å². The van der Waals surface area contributed by atoms with E-state index in [2.05, 4.69) is 24.4 Å². The predicted octanol–water partition coefficient (Wildman–Crippen LogP) is 2.02. The fraction of sp³-hybridized carbons (Fsp3) is 0.417. The number of carbonyl (C=O) groups excluding carboxylic acids is 1. The molecule has 1 saturated carbocycles. The molecule has 0 spiro atoms. The van der Waals surface area contributed by atoms with Gasteiger partial charge in [-0.3, -0.25) is 4.79 Å². The van der Waals surface area contributed by atoms with E-state index < -0.39 is 0 Å². The Balaban J connectivity index is 1.91. The Hall–Kier alpha value is -1.31. The summed E-state index contributed by atoms with van der Waals surface area (Å²) in [5.74, 6) is 0.521. The Labute approximate surface area is 84.3 Å². The molecule has 2 rings (SSSR count). The minimum atomic E-state index is 0.216.